The first-order valence-corrected chi connectivity index (χ1v) is 11.8. The van der Waals surface area contributed by atoms with Crippen LogP contribution in [0.1, 0.15) is 37.8 Å². The molecule has 0 saturated heterocycles. The van der Waals surface area contributed by atoms with Gasteiger partial charge in [-0.1, -0.05) is 31.5 Å². The maximum atomic E-state index is 11.8. The van der Waals surface area contributed by atoms with Crippen LogP contribution in [0.15, 0.2) is 51.9 Å². The lowest BCUT2D eigenvalue weighted by Crippen LogP contribution is -2.25. The Morgan fingerprint density at radius 2 is 2.00 bits per heavy atom. The van der Waals surface area contributed by atoms with Crippen molar-refractivity contribution in [1.29, 1.82) is 0 Å². The highest BCUT2D eigenvalue weighted by Gasteiger charge is 2.18. The number of carbonyl (C=O) groups excluding carboxylic acids is 1. The fourth-order valence-corrected chi connectivity index (χ4v) is 4.47. The highest BCUT2D eigenvalue weighted by atomic mass is 32.1. The molecule has 1 aliphatic heterocycles. The van der Waals surface area contributed by atoms with E-state index in [1.807, 2.05) is 35.2 Å². The molecule has 1 N–H and O–H groups in total. The molecule has 2 aromatic carbocycles. The van der Waals surface area contributed by atoms with Gasteiger partial charge in [0.1, 0.15) is 5.75 Å². The predicted octanol–water partition coefficient (Wildman–Crippen LogP) is 5.67. The van der Waals surface area contributed by atoms with E-state index in [4.69, 9.17) is 14.8 Å². The Kier molecular flexibility index (Phi) is 6.55. The van der Waals surface area contributed by atoms with Gasteiger partial charge in [0, 0.05) is 17.2 Å². The molecule has 166 valence electrons. The van der Waals surface area contributed by atoms with Crippen molar-refractivity contribution in [3.8, 4) is 17.0 Å². The van der Waals surface area contributed by atoms with Gasteiger partial charge in [-0.3, -0.25) is 4.79 Å². The largest absolute Gasteiger partial charge is 0.482 e. The lowest BCUT2D eigenvalue weighted by Gasteiger charge is -2.18. The van der Waals surface area contributed by atoms with Crippen molar-refractivity contribution in [3.05, 3.63) is 57.7 Å². The lowest BCUT2D eigenvalue weighted by molar-refractivity contribution is -0.118. The third-order valence-corrected chi connectivity index (χ3v) is 6.42. The smallest absolute Gasteiger partial charge is 0.262 e. The van der Waals surface area contributed by atoms with Gasteiger partial charge in [0.15, 0.2) is 6.61 Å². The van der Waals surface area contributed by atoms with E-state index in [9.17, 15) is 4.79 Å². The van der Waals surface area contributed by atoms with Crippen LogP contribution in [0.25, 0.3) is 11.3 Å². The van der Waals surface area contributed by atoms with E-state index >= 15 is 0 Å². The van der Waals surface area contributed by atoms with Crippen LogP contribution in [0.4, 0.5) is 11.4 Å². The average molecular weight is 449 g/mol. The van der Waals surface area contributed by atoms with Crippen molar-refractivity contribution in [2.24, 2.45) is 16.0 Å². The Hall–Kier alpha value is -3.19. The molecule has 0 fully saturated rings. The molecule has 1 aromatic heterocycles. The van der Waals surface area contributed by atoms with Crippen LogP contribution in [0.2, 0.25) is 0 Å². The molecule has 2 heterocycles. The zero-order valence-electron chi connectivity index (χ0n) is 18.9. The van der Waals surface area contributed by atoms with Gasteiger partial charge in [-0.15, -0.1) is 11.3 Å². The predicted molar refractivity (Wildman–Crippen MR) is 131 cm³/mol. The van der Waals surface area contributed by atoms with E-state index in [2.05, 4.69) is 50.5 Å². The number of nitrogens with one attached hydrogen (secondary N) is 1. The molecule has 1 aliphatic rings. The van der Waals surface area contributed by atoms with Crippen molar-refractivity contribution in [2.75, 3.05) is 11.9 Å². The summed E-state index contributed by atoms with van der Waals surface area (Å²) in [5.74, 6) is 0.932. The summed E-state index contributed by atoms with van der Waals surface area (Å²) in [6.45, 7) is 8.55. The number of hydrogen-bond acceptors (Lipinski definition) is 5. The molecule has 0 aliphatic carbocycles. The van der Waals surface area contributed by atoms with Crippen LogP contribution >= 0.6 is 11.3 Å². The molecule has 7 heteroatoms. The molecule has 0 unspecified atom stereocenters. The number of anilines is 1. The third kappa shape index (κ3) is 4.67. The SMILES string of the molecule is CCC(C=Nn1c(-c2ccc3c(c2)NC(=O)CO3)csc1=Nc1ccc(C)cc1C)CC. The minimum Gasteiger partial charge on any atom is -0.482 e. The van der Waals surface area contributed by atoms with E-state index in [0.29, 0.717) is 17.4 Å². The maximum absolute atomic E-state index is 11.8. The zero-order chi connectivity index (χ0) is 22.7. The summed E-state index contributed by atoms with van der Waals surface area (Å²) in [5.41, 5.74) is 5.81. The number of carbonyl (C=O) groups is 1. The molecule has 32 heavy (non-hydrogen) atoms. The van der Waals surface area contributed by atoms with Crippen LogP contribution in [0.3, 0.4) is 0 Å². The summed E-state index contributed by atoms with van der Waals surface area (Å²) in [7, 11) is 0. The van der Waals surface area contributed by atoms with Gasteiger partial charge >= 0.3 is 0 Å². The summed E-state index contributed by atoms with van der Waals surface area (Å²) in [4.78, 5) is 17.5. The maximum Gasteiger partial charge on any atom is 0.262 e. The summed E-state index contributed by atoms with van der Waals surface area (Å²) >= 11 is 1.55. The van der Waals surface area contributed by atoms with Gasteiger partial charge < -0.3 is 10.1 Å². The third-order valence-electron chi connectivity index (χ3n) is 5.60. The van der Waals surface area contributed by atoms with Gasteiger partial charge in [-0.25, -0.2) is 9.67 Å². The van der Waals surface area contributed by atoms with Crippen molar-refractivity contribution in [2.45, 2.75) is 40.5 Å². The van der Waals surface area contributed by atoms with Crippen molar-refractivity contribution < 1.29 is 9.53 Å². The second-order valence-corrected chi connectivity index (χ2v) is 8.84. The first-order valence-electron chi connectivity index (χ1n) is 10.9. The molecular formula is C25H28N4O2S. The van der Waals surface area contributed by atoms with Gasteiger partial charge in [-0.05, 0) is 62.4 Å². The lowest BCUT2D eigenvalue weighted by atomic mass is 10.1. The topological polar surface area (TPSA) is 68.0 Å². The van der Waals surface area contributed by atoms with Crippen LogP contribution in [-0.4, -0.2) is 23.4 Å². The molecule has 0 spiro atoms. The van der Waals surface area contributed by atoms with Crippen molar-refractivity contribution in [1.82, 2.24) is 4.68 Å². The first-order chi connectivity index (χ1) is 15.5. The van der Waals surface area contributed by atoms with Gasteiger partial charge in [-0.2, -0.15) is 5.10 Å². The number of thiazole rings is 1. The number of aromatic nitrogens is 1. The monoisotopic (exact) mass is 448 g/mol. The molecule has 1 amide bonds. The van der Waals surface area contributed by atoms with Crippen molar-refractivity contribution in [3.63, 3.8) is 0 Å². The summed E-state index contributed by atoms with van der Waals surface area (Å²) in [6, 6.07) is 12.1. The molecule has 0 bridgehead atoms. The standard InChI is InChI=1S/C25H28N4O2S/c1-5-18(6-2)13-26-29-22(19-8-10-23-21(12-19)27-24(30)14-31-23)15-32-25(29)28-20-9-7-16(3)11-17(20)4/h7-13,15,18H,5-6,14H2,1-4H3,(H,27,30). The van der Waals surface area contributed by atoms with E-state index in [1.165, 1.54) is 5.56 Å². The van der Waals surface area contributed by atoms with Crippen LogP contribution in [0, 0.1) is 19.8 Å². The van der Waals surface area contributed by atoms with E-state index < -0.39 is 0 Å². The summed E-state index contributed by atoms with van der Waals surface area (Å²) in [5, 5.41) is 9.79. The average Bonchev–Trinajstić information content (AvgIpc) is 3.18. The number of rotatable bonds is 6. The highest BCUT2D eigenvalue weighted by Crippen LogP contribution is 2.33. The number of aryl methyl sites for hydroxylation is 2. The quantitative estimate of drug-likeness (QED) is 0.494. The van der Waals surface area contributed by atoms with Crippen LogP contribution in [-0.2, 0) is 4.79 Å². The molecule has 0 atom stereocenters. The number of nitrogens with zero attached hydrogens (tertiary/aromatic N) is 3. The van der Waals surface area contributed by atoms with Crippen LogP contribution in [0.5, 0.6) is 5.75 Å². The molecular weight excluding hydrogens is 420 g/mol. The minimum atomic E-state index is -0.148. The number of fused-ring (bicyclic) bond motifs is 1. The molecule has 3 aromatic rings. The molecule has 0 saturated carbocycles. The number of hydrogen-bond donors (Lipinski definition) is 1. The Morgan fingerprint density at radius 3 is 2.75 bits per heavy atom. The van der Waals surface area contributed by atoms with E-state index in [-0.39, 0.29) is 12.5 Å². The van der Waals surface area contributed by atoms with E-state index in [0.717, 1.165) is 40.2 Å². The summed E-state index contributed by atoms with van der Waals surface area (Å²) < 4.78 is 7.41. The minimum absolute atomic E-state index is 0.0451. The highest BCUT2D eigenvalue weighted by molar-refractivity contribution is 7.07. The number of ether oxygens (including phenoxy) is 1. The van der Waals surface area contributed by atoms with E-state index in [1.54, 1.807) is 11.3 Å². The Bertz CT molecular complexity index is 1230. The normalized spacial score (nSPS) is 14.0. The Morgan fingerprint density at radius 1 is 1.19 bits per heavy atom. The number of amides is 1. The molecule has 4 rings (SSSR count). The van der Waals surface area contributed by atoms with Crippen molar-refractivity contribution >= 4 is 34.8 Å². The van der Waals surface area contributed by atoms with Gasteiger partial charge in [0.25, 0.3) is 5.91 Å². The molecule has 6 nitrogen and oxygen atoms in total. The fourth-order valence-electron chi connectivity index (χ4n) is 3.62. The Labute approximate surface area is 192 Å². The second kappa shape index (κ2) is 9.53. The second-order valence-electron chi connectivity index (χ2n) is 8.01. The summed E-state index contributed by atoms with van der Waals surface area (Å²) in [6.07, 6.45) is 4.08. The fraction of sp³-hybridized carbons (Fsp3) is 0.320. The number of benzene rings is 2. The van der Waals surface area contributed by atoms with Gasteiger partial charge in [0.2, 0.25) is 4.80 Å². The first kappa shape index (κ1) is 22.0. The zero-order valence-corrected chi connectivity index (χ0v) is 19.7. The Balaban J connectivity index is 1.83. The van der Waals surface area contributed by atoms with Gasteiger partial charge in [0.05, 0.1) is 17.1 Å². The molecule has 0 radical (unpaired) electrons. The van der Waals surface area contributed by atoms with Crippen LogP contribution < -0.4 is 14.9 Å².